The molecule has 0 aromatic rings. The van der Waals surface area contributed by atoms with Crippen molar-refractivity contribution in [1.82, 2.24) is 0 Å². The highest BCUT2D eigenvalue weighted by Gasteiger charge is 2.41. The molecule has 2 nitrogen and oxygen atoms in total. The lowest BCUT2D eigenvalue weighted by molar-refractivity contribution is 0.160. The Morgan fingerprint density at radius 3 is 1.50 bits per heavy atom. The van der Waals surface area contributed by atoms with Gasteiger partial charge in [0, 0.05) is 11.8 Å². The Morgan fingerprint density at radius 1 is 0.875 bits per heavy atom. The van der Waals surface area contributed by atoms with Crippen LogP contribution < -0.4 is 0 Å². The largest absolute Gasteiger partial charge is 0.500 e. The van der Waals surface area contributed by atoms with E-state index < -0.39 is 0 Å². The number of methoxy groups -OCH3 is 2. The molecule has 0 N–H and O–H groups in total. The van der Waals surface area contributed by atoms with E-state index in [0.717, 1.165) is 12.8 Å². The van der Waals surface area contributed by atoms with Gasteiger partial charge in [-0.1, -0.05) is 13.8 Å². The maximum absolute atomic E-state index is 5.64. The van der Waals surface area contributed by atoms with E-state index >= 15 is 0 Å². The topological polar surface area (TPSA) is 18.5 Å². The van der Waals surface area contributed by atoms with Crippen LogP contribution in [-0.4, -0.2) is 14.2 Å². The Labute approximate surface area is 98.3 Å². The lowest BCUT2D eigenvalue weighted by Crippen LogP contribution is -2.31. The molecule has 2 unspecified atom stereocenters. The Bertz CT molecular complexity index is 277. The molecule has 0 aromatic heterocycles. The summed E-state index contributed by atoms with van der Waals surface area (Å²) in [6.45, 7) is 4.43. The zero-order chi connectivity index (χ0) is 11.7. The third kappa shape index (κ3) is 1.47. The summed E-state index contributed by atoms with van der Waals surface area (Å²) in [7, 11) is 3.62. The first-order valence-electron chi connectivity index (χ1n) is 6.32. The maximum atomic E-state index is 5.64. The van der Waals surface area contributed by atoms with Crippen molar-refractivity contribution >= 4 is 0 Å². The van der Waals surface area contributed by atoms with E-state index in [4.69, 9.17) is 9.47 Å². The summed E-state index contributed by atoms with van der Waals surface area (Å²) < 4.78 is 11.3. The predicted molar refractivity (Wildman–Crippen MR) is 64.9 cm³/mol. The molecule has 0 saturated carbocycles. The molecule has 3 rings (SSSR count). The van der Waals surface area contributed by atoms with E-state index in [1.807, 2.05) is 14.2 Å². The predicted octanol–water partition coefficient (Wildman–Crippen LogP) is 3.65. The van der Waals surface area contributed by atoms with Crippen molar-refractivity contribution in [2.45, 2.75) is 39.5 Å². The lowest BCUT2D eigenvalue weighted by Gasteiger charge is -2.41. The molecular formula is C14H22O2. The van der Waals surface area contributed by atoms with Crippen LogP contribution in [0.4, 0.5) is 0 Å². The second-order valence-electron chi connectivity index (χ2n) is 4.58. The standard InChI is InChI=1S/C14H22O2/c1-5-9-11-7-8-12(13(9)15-3)10(6-2)14(11)16-4/h11-12H,5-8H2,1-4H3. The summed E-state index contributed by atoms with van der Waals surface area (Å²) in [6, 6.07) is 0. The Balaban J connectivity index is 2.45. The molecule has 0 saturated heterocycles. The van der Waals surface area contributed by atoms with E-state index in [9.17, 15) is 0 Å². The van der Waals surface area contributed by atoms with Gasteiger partial charge >= 0.3 is 0 Å². The number of hydrogen-bond acceptors (Lipinski definition) is 2. The average Bonchev–Trinajstić information content (AvgIpc) is 2.36. The molecule has 0 heterocycles. The SMILES string of the molecule is CCC1=C(OC)C2CCC1C(OC)=C2CC. The molecule has 0 fully saturated rings. The number of ether oxygens (including phenoxy) is 2. The second kappa shape index (κ2) is 4.52. The maximum Gasteiger partial charge on any atom is 0.103 e. The van der Waals surface area contributed by atoms with Gasteiger partial charge in [0.1, 0.15) is 11.5 Å². The normalized spacial score (nSPS) is 28.8. The lowest BCUT2D eigenvalue weighted by atomic mass is 9.68. The molecule has 3 aliphatic carbocycles. The van der Waals surface area contributed by atoms with Crippen molar-refractivity contribution in [3.05, 3.63) is 22.7 Å². The Kier molecular flexibility index (Phi) is 3.27. The van der Waals surface area contributed by atoms with Gasteiger partial charge in [0.25, 0.3) is 0 Å². The molecule has 16 heavy (non-hydrogen) atoms. The van der Waals surface area contributed by atoms with Gasteiger partial charge in [0.05, 0.1) is 14.2 Å². The number of rotatable bonds is 4. The fourth-order valence-corrected chi connectivity index (χ4v) is 3.44. The fourth-order valence-electron chi connectivity index (χ4n) is 3.44. The summed E-state index contributed by atoms with van der Waals surface area (Å²) in [5.41, 5.74) is 2.93. The highest BCUT2D eigenvalue weighted by molar-refractivity contribution is 5.39. The summed E-state index contributed by atoms with van der Waals surface area (Å²) >= 11 is 0. The minimum absolute atomic E-state index is 0.491. The number of allylic oxidation sites excluding steroid dienone is 2. The van der Waals surface area contributed by atoms with Crippen molar-refractivity contribution in [2.75, 3.05) is 14.2 Å². The third-order valence-electron chi connectivity index (χ3n) is 4.05. The first-order valence-corrected chi connectivity index (χ1v) is 6.32. The van der Waals surface area contributed by atoms with Crippen molar-refractivity contribution in [2.24, 2.45) is 11.8 Å². The molecule has 0 aromatic carbocycles. The van der Waals surface area contributed by atoms with Gasteiger partial charge in [-0.25, -0.2) is 0 Å². The van der Waals surface area contributed by atoms with Gasteiger partial charge in [0.15, 0.2) is 0 Å². The third-order valence-corrected chi connectivity index (χ3v) is 4.05. The molecule has 2 heteroatoms. The van der Waals surface area contributed by atoms with E-state index in [0.29, 0.717) is 11.8 Å². The highest BCUT2D eigenvalue weighted by Crippen LogP contribution is 2.50. The highest BCUT2D eigenvalue weighted by atomic mass is 16.5. The molecular weight excluding hydrogens is 200 g/mol. The van der Waals surface area contributed by atoms with Crippen LogP contribution in [0.15, 0.2) is 22.7 Å². The molecule has 2 atom stereocenters. The van der Waals surface area contributed by atoms with Crippen molar-refractivity contribution in [3.63, 3.8) is 0 Å². The minimum Gasteiger partial charge on any atom is -0.500 e. The van der Waals surface area contributed by atoms with Crippen LogP contribution in [0, 0.1) is 11.8 Å². The number of fused-ring (bicyclic) bond motifs is 1. The molecule has 3 aliphatic rings. The molecule has 0 amide bonds. The molecule has 0 spiro atoms. The summed E-state index contributed by atoms with van der Waals surface area (Å²) in [5.74, 6) is 3.45. The molecule has 0 aliphatic heterocycles. The molecule has 2 bridgehead atoms. The van der Waals surface area contributed by atoms with Crippen LogP contribution in [0.5, 0.6) is 0 Å². The first-order chi connectivity index (χ1) is 7.78. The number of hydrogen-bond donors (Lipinski definition) is 0. The van der Waals surface area contributed by atoms with Crippen LogP contribution in [-0.2, 0) is 9.47 Å². The van der Waals surface area contributed by atoms with Crippen LogP contribution in [0.3, 0.4) is 0 Å². The van der Waals surface area contributed by atoms with Gasteiger partial charge < -0.3 is 9.47 Å². The van der Waals surface area contributed by atoms with E-state index in [2.05, 4.69) is 13.8 Å². The smallest absolute Gasteiger partial charge is 0.103 e. The van der Waals surface area contributed by atoms with Crippen molar-refractivity contribution in [3.8, 4) is 0 Å². The van der Waals surface area contributed by atoms with Gasteiger partial charge in [-0.3, -0.25) is 0 Å². The van der Waals surface area contributed by atoms with E-state index in [1.165, 1.54) is 35.5 Å². The van der Waals surface area contributed by atoms with Crippen LogP contribution in [0.25, 0.3) is 0 Å². The quantitative estimate of drug-likeness (QED) is 0.723. The summed E-state index contributed by atoms with van der Waals surface area (Å²) in [5, 5.41) is 0. The summed E-state index contributed by atoms with van der Waals surface area (Å²) in [6.07, 6.45) is 4.61. The second-order valence-corrected chi connectivity index (χ2v) is 4.58. The molecule has 90 valence electrons. The van der Waals surface area contributed by atoms with Gasteiger partial charge in [0.2, 0.25) is 0 Å². The Hall–Kier alpha value is -0.920. The van der Waals surface area contributed by atoms with Crippen LogP contribution in [0.1, 0.15) is 39.5 Å². The van der Waals surface area contributed by atoms with Gasteiger partial charge in [-0.05, 0) is 36.8 Å². The summed E-state index contributed by atoms with van der Waals surface area (Å²) in [4.78, 5) is 0. The fraction of sp³-hybridized carbons (Fsp3) is 0.714. The average molecular weight is 222 g/mol. The Morgan fingerprint density at radius 2 is 1.25 bits per heavy atom. The van der Waals surface area contributed by atoms with Crippen molar-refractivity contribution < 1.29 is 9.47 Å². The van der Waals surface area contributed by atoms with E-state index in [1.54, 1.807) is 0 Å². The monoisotopic (exact) mass is 222 g/mol. The first kappa shape index (κ1) is 11.6. The van der Waals surface area contributed by atoms with Crippen molar-refractivity contribution in [1.29, 1.82) is 0 Å². The minimum atomic E-state index is 0.491. The zero-order valence-electron chi connectivity index (χ0n) is 10.8. The van der Waals surface area contributed by atoms with Crippen LogP contribution >= 0.6 is 0 Å². The van der Waals surface area contributed by atoms with Crippen LogP contribution in [0.2, 0.25) is 0 Å². The molecule has 0 radical (unpaired) electrons. The van der Waals surface area contributed by atoms with E-state index in [-0.39, 0.29) is 0 Å². The zero-order valence-corrected chi connectivity index (χ0v) is 10.8. The van der Waals surface area contributed by atoms with Gasteiger partial charge in [-0.2, -0.15) is 0 Å². The van der Waals surface area contributed by atoms with Gasteiger partial charge in [-0.15, -0.1) is 0 Å².